The highest BCUT2D eigenvalue weighted by Crippen LogP contribution is 2.37. The van der Waals surface area contributed by atoms with Crippen molar-refractivity contribution in [1.29, 1.82) is 0 Å². The number of piperazine rings is 1. The van der Waals surface area contributed by atoms with Gasteiger partial charge in [-0.2, -0.15) is 0 Å². The summed E-state index contributed by atoms with van der Waals surface area (Å²) < 4.78 is 131. The molecule has 3 aromatic carbocycles. The van der Waals surface area contributed by atoms with Gasteiger partial charge >= 0.3 is 19.1 Å². The summed E-state index contributed by atoms with van der Waals surface area (Å²) in [5.74, 6) is -2.13. The third kappa shape index (κ3) is 11.5. The Labute approximate surface area is 321 Å². The largest absolute Gasteiger partial charge is 0.573 e. The van der Waals surface area contributed by atoms with Gasteiger partial charge in [0.2, 0.25) is 5.91 Å². The van der Waals surface area contributed by atoms with E-state index in [4.69, 9.17) is 5.73 Å². The average molecular weight is 817 g/mol. The van der Waals surface area contributed by atoms with E-state index in [0.717, 1.165) is 40.2 Å². The zero-order valence-electron chi connectivity index (χ0n) is 30.5. The molecule has 3 heterocycles. The number of nitrogens with zero attached hydrogens (tertiary/aromatic N) is 3. The molecule has 2 saturated heterocycles. The molecule has 0 bridgehead atoms. The molecule has 10 nitrogen and oxygen atoms in total. The normalized spacial score (nSPS) is 17.1. The fourth-order valence-electron chi connectivity index (χ4n) is 7.15. The number of ether oxygens (including phenoxy) is 3. The topological polar surface area (TPSA) is 106 Å². The van der Waals surface area contributed by atoms with Gasteiger partial charge in [0.05, 0.1) is 11.1 Å². The summed E-state index contributed by atoms with van der Waals surface area (Å²) >= 11 is 0. The highest BCUT2D eigenvalue weighted by Gasteiger charge is 2.37. The van der Waals surface area contributed by atoms with Crippen LogP contribution in [0.2, 0.25) is 0 Å². The van der Waals surface area contributed by atoms with E-state index in [1.54, 1.807) is 4.90 Å². The van der Waals surface area contributed by atoms with Crippen LogP contribution in [0.1, 0.15) is 30.4 Å². The zero-order valence-corrected chi connectivity index (χ0v) is 30.5. The number of nitrogens with one attached hydrogen (secondary N) is 2. The summed E-state index contributed by atoms with van der Waals surface area (Å²) in [5.41, 5.74) is 8.19. The van der Waals surface area contributed by atoms with Crippen LogP contribution >= 0.6 is 0 Å². The van der Waals surface area contributed by atoms with Crippen LogP contribution in [0.15, 0.2) is 66.9 Å². The van der Waals surface area contributed by atoms with Crippen molar-refractivity contribution in [2.45, 2.75) is 63.5 Å². The lowest BCUT2D eigenvalue weighted by Gasteiger charge is -2.35. The van der Waals surface area contributed by atoms with Crippen molar-refractivity contribution in [3.8, 4) is 28.4 Å². The number of nitrogens with two attached hydrogens (primary N) is 1. The molecular formula is C38H41F9N6O4. The second-order valence-corrected chi connectivity index (χ2v) is 14.1. The van der Waals surface area contributed by atoms with E-state index in [9.17, 15) is 44.3 Å². The Kier molecular flexibility index (Phi) is 12.5. The Morgan fingerprint density at radius 2 is 1.35 bits per heavy atom. The maximum absolute atomic E-state index is 13.1. The van der Waals surface area contributed by atoms with E-state index < -0.39 is 36.1 Å². The molecular weight excluding hydrogens is 775 g/mol. The molecule has 0 atom stereocenters. The fraction of sp³-hybridized carbons (Fsp3) is 0.447. The van der Waals surface area contributed by atoms with Crippen LogP contribution in [-0.2, 0) is 24.4 Å². The quantitative estimate of drug-likeness (QED) is 0.0989. The number of piperidine rings is 1. The summed E-state index contributed by atoms with van der Waals surface area (Å²) in [5, 5.41) is 6.96. The van der Waals surface area contributed by atoms with Crippen LogP contribution < -0.4 is 30.6 Å². The number of rotatable bonds is 13. The number of hydrogen-bond acceptors (Lipinski definition) is 8. The first-order valence-corrected chi connectivity index (χ1v) is 18.2. The molecule has 4 aromatic rings. The number of carbonyl (C=O) groups excluding carboxylic acids is 1. The second-order valence-electron chi connectivity index (χ2n) is 14.1. The summed E-state index contributed by atoms with van der Waals surface area (Å²) in [6, 6.07) is 14.3. The molecule has 0 unspecified atom stereocenters. The van der Waals surface area contributed by atoms with Gasteiger partial charge < -0.3 is 35.1 Å². The lowest BCUT2D eigenvalue weighted by atomic mass is 9.88. The van der Waals surface area contributed by atoms with E-state index in [-0.39, 0.29) is 23.8 Å². The van der Waals surface area contributed by atoms with Crippen molar-refractivity contribution in [3.63, 3.8) is 0 Å². The predicted molar refractivity (Wildman–Crippen MR) is 191 cm³/mol. The molecule has 2 aliphatic rings. The second kappa shape index (κ2) is 17.0. The highest BCUT2D eigenvalue weighted by molar-refractivity contribution is 5.96. The molecule has 2 aliphatic heterocycles. The van der Waals surface area contributed by atoms with Crippen LogP contribution in [0.5, 0.6) is 17.2 Å². The molecule has 310 valence electrons. The molecule has 0 spiro atoms. The first-order chi connectivity index (χ1) is 26.8. The molecule has 4 N–H and O–H groups in total. The van der Waals surface area contributed by atoms with Gasteiger partial charge in [0.15, 0.2) is 0 Å². The number of alkyl halides is 9. The molecule has 1 aromatic heterocycles. The van der Waals surface area contributed by atoms with Gasteiger partial charge in [-0.15, -0.1) is 39.5 Å². The third-order valence-electron chi connectivity index (χ3n) is 9.95. The SMILES string of the molecule is NC1(C(=O)NCCCn2cc(-c3ccc(OC(F)(F)F)cc3)c3cc(CN4CCN(Cc5c(OC(F)(F)F)cccc5OC(F)(F)F)CC4)ccc32)CCNCC1. The van der Waals surface area contributed by atoms with Gasteiger partial charge in [0.25, 0.3) is 0 Å². The van der Waals surface area contributed by atoms with E-state index in [1.165, 1.54) is 24.3 Å². The summed E-state index contributed by atoms with van der Waals surface area (Å²) in [6.45, 7) is 3.92. The van der Waals surface area contributed by atoms with E-state index >= 15 is 0 Å². The Morgan fingerprint density at radius 3 is 1.93 bits per heavy atom. The summed E-state index contributed by atoms with van der Waals surface area (Å²) in [6.07, 6.45) is -11.6. The minimum atomic E-state index is -5.13. The van der Waals surface area contributed by atoms with E-state index in [2.05, 4.69) is 29.7 Å². The lowest BCUT2D eigenvalue weighted by molar-refractivity contribution is -0.277. The Balaban J connectivity index is 1.15. The van der Waals surface area contributed by atoms with Gasteiger partial charge in [-0.25, -0.2) is 0 Å². The Bertz CT molecular complexity index is 1950. The highest BCUT2D eigenvalue weighted by atomic mass is 19.4. The van der Waals surface area contributed by atoms with Crippen molar-refractivity contribution >= 4 is 16.8 Å². The van der Waals surface area contributed by atoms with Crippen LogP contribution in [-0.4, -0.2) is 90.7 Å². The molecule has 19 heteroatoms. The maximum atomic E-state index is 13.1. The van der Waals surface area contributed by atoms with Crippen LogP contribution in [0.3, 0.4) is 0 Å². The van der Waals surface area contributed by atoms with Crippen molar-refractivity contribution < 1.29 is 58.5 Å². The number of halogens is 9. The number of benzene rings is 3. The Hall–Kier alpha value is -4.72. The molecule has 0 aliphatic carbocycles. The molecule has 0 radical (unpaired) electrons. The lowest BCUT2D eigenvalue weighted by Crippen LogP contribution is -2.59. The number of aromatic nitrogens is 1. The van der Waals surface area contributed by atoms with Crippen molar-refractivity contribution in [2.75, 3.05) is 45.8 Å². The van der Waals surface area contributed by atoms with Crippen LogP contribution in [0.25, 0.3) is 22.0 Å². The standard InChI is InChI=1S/C38H41F9N6O4/c39-36(40,41)55-27-8-6-26(7-9-27)29-24-53(16-2-13-50-34(54)35(48)11-14-49-15-12-35)31-10-5-25(21-28(29)31)22-51-17-19-52(20-18-51)23-30-32(56-37(42,43)44)3-1-4-33(30)57-38(45,46)47/h1,3-10,21,24,49H,2,11-20,22-23,48H2,(H,50,54). The molecule has 57 heavy (non-hydrogen) atoms. The third-order valence-corrected chi connectivity index (χ3v) is 9.95. The number of amides is 1. The number of fused-ring (bicyclic) bond motifs is 1. The fourth-order valence-corrected chi connectivity index (χ4v) is 7.15. The van der Waals surface area contributed by atoms with Crippen molar-refractivity contribution in [2.24, 2.45) is 5.73 Å². The van der Waals surface area contributed by atoms with Crippen LogP contribution in [0.4, 0.5) is 39.5 Å². The number of hydrogen-bond donors (Lipinski definition) is 3. The van der Waals surface area contributed by atoms with Gasteiger partial charge in [-0.3, -0.25) is 14.6 Å². The molecule has 6 rings (SSSR count). The number of carbonyl (C=O) groups is 1. The van der Waals surface area contributed by atoms with Gasteiger partial charge in [-0.05, 0) is 79.9 Å². The van der Waals surface area contributed by atoms with Crippen molar-refractivity contribution in [3.05, 3.63) is 78.0 Å². The van der Waals surface area contributed by atoms with Crippen LogP contribution in [0, 0.1) is 0 Å². The smallest absolute Gasteiger partial charge is 0.406 e. The first kappa shape index (κ1) is 41.9. The van der Waals surface area contributed by atoms with E-state index in [0.29, 0.717) is 83.7 Å². The van der Waals surface area contributed by atoms with Gasteiger partial charge in [-0.1, -0.05) is 24.3 Å². The maximum Gasteiger partial charge on any atom is 0.573 e. The average Bonchev–Trinajstić information content (AvgIpc) is 3.48. The summed E-state index contributed by atoms with van der Waals surface area (Å²) in [7, 11) is 0. The minimum absolute atomic E-state index is 0.200. The van der Waals surface area contributed by atoms with Gasteiger partial charge in [0.1, 0.15) is 17.2 Å². The van der Waals surface area contributed by atoms with Crippen molar-refractivity contribution in [1.82, 2.24) is 25.0 Å². The molecule has 2 fully saturated rings. The number of aryl methyl sites for hydroxylation is 1. The van der Waals surface area contributed by atoms with E-state index in [1.807, 2.05) is 29.0 Å². The predicted octanol–water partition coefficient (Wildman–Crippen LogP) is 6.91. The summed E-state index contributed by atoms with van der Waals surface area (Å²) in [4.78, 5) is 16.6. The molecule has 1 amide bonds. The zero-order chi connectivity index (χ0) is 41.0. The minimum Gasteiger partial charge on any atom is -0.406 e. The Morgan fingerprint density at radius 1 is 0.772 bits per heavy atom. The molecule has 0 saturated carbocycles. The monoisotopic (exact) mass is 816 g/mol. The van der Waals surface area contributed by atoms with Gasteiger partial charge in [0, 0.05) is 75.0 Å². The first-order valence-electron chi connectivity index (χ1n) is 18.2.